The van der Waals surface area contributed by atoms with E-state index in [9.17, 15) is 13.2 Å². The van der Waals surface area contributed by atoms with Crippen LogP contribution in [-0.2, 0) is 20.4 Å². The molecule has 2 fully saturated rings. The molecule has 1 amide bonds. The van der Waals surface area contributed by atoms with Gasteiger partial charge >= 0.3 is 0 Å². The van der Waals surface area contributed by atoms with Crippen molar-refractivity contribution in [2.24, 2.45) is 0 Å². The van der Waals surface area contributed by atoms with Crippen molar-refractivity contribution in [1.29, 1.82) is 0 Å². The molecule has 1 saturated heterocycles. The molecule has 8 nitrogen and oxygen atoms in total. The Kier molecular flexibility index (Phi) is 6.22. The molecule has 1 aromatic carbocycles. The fourth-order valence-electron chi connectivity index (χ4n) is 4.66. The lowest BCUT2D eigenvalue weighted by atomic mass is 9.87. The van der Waals surface area contributed by atoms with Gasteiger partial charge in [-0.1, -0.05) is 18.9 Å². The second-order valence-corrected chi connectivity index (χ2v) is 10.5. The number of piperazine rings is 1. The van der Waals surface area contributed by atoms with E-state index in [-0.39, 0.29) is 23.7 Å². The van der Waals surface area contributed by atoms with Gasteiger partial charge < -0.3 is 14.8 Å². The molecule has 2 heterocycles. The average Bonchev–Trinajstić information content (AvgIpc) is 3.23. The van der Waals surface area contributed by atoms with Crippen LogP contribution in [0.25, 0.3) is 0 Å². The molecule has 4 rings (SSSR count). The number of carbonyl (C=O) groups is 1. The minimum atomic E-state index is -3.16. The molecule has 1 aliphatic carbocycles. The fourth-order valence-corrected chi connectivity index (χ4v) is 5.75. The van der Waals surface area contributed by atoms with Crippen molar-refractivity contribution in [1.82, 2.24) is 14.5 Å². The highest BCUT2D eigenvalue weighted by molar-refractivity contribution is 7.89. The van der Waals surface area contributed by atoms with Crippen molar-refractivity contribution in [3.63, 3.8) is 0 Å². The maximum absolute atomic E-state index is 12.9. The normalized spacial score (nSPS) is 22.0. The molecule has 0 atom stereocenters. The van der Waals surface area contributed by atoms with Crippen LogP contribution < -0.4 is 14.8 Å². The van der Waals surface area contributed by atoms with Crippen LogP contribution in [0.5, 0.6) is 11.5 Å². The lowest BCUT2D eigenvalue weighted by molar-refractivity contribution is -0.124. The minimum absolute atomic E-state index is 0.0152. The summed E-state index contributed by atoms with van der Waals surface area (Å²) in [5.74, 6) is 1.60. The largest absolute Gasteiger partial charge is 0.486 e. The first-order chi connectivity index (χ1) is 14.4. The Morgan fingerprint density at radius 3 is 2.40 bits per heavy atom. The molecule has 0 unspecified atom stereocenters. The first kappa shape index (κ1) is 21.4. The number of hydrogen-bond donors (Lipinski definition) is 1. The third-order valence-corrected chi connectivity index (χ3v) is 8.27. The molecular formula is C21H31N3O5S. The Hall–Kier alpha value is -1.84. The molecule has 2 aliphatic heterocycles. The maximum atomic E-state index is 12.9. The van der Waals surface area contributed by atoms with E-state index in [1.165, 1.54) is 4.31 Å². The molecule has 30 heavy (non-hydrogen) atoms. The van der Waals surface area contributed by atoms with E-state index in [2.05, 4.69) is 5.32 Å². The van der Waals surface area contributed by atoms with E-state index < -0.39 is 10.0 Å². The van der Waals surface area contributed by atoms with E-state index >= 15 is 0 Å². The number of ether oxygens (including phenoxy) is 2. The number of amides is 1. The third-order valence-electron chi connectivity index (χ3n) is 6.39. The van der Waals surface area contributed by atoms with Crippen molar-refractivity contribution in [3.05, 3.63) is 23.8 Å². The molecule has 0 bridgehead atoms. The second kappa shape index (κ2) is 8.72. The van der Waals surface area contributed by atoms with Crippen LogP contribution in [0.2, 0.25) is 0 Å². The van der Waals surface area contributed by atoms with E-state index in [4.69, 9.17) is 9.47 Å². The Balaban J connectivity index is 1.40. The highest BCUT2D eigenvalue weighted by atomic mass is 32.2. The zero-order chi connectivity index (χ0) is 21.2. The number of hydrogen-bond acceptors (Lipinski definition) is 6. The summed E-state index contributed by atoms with van der Waals surface area (Å²) in [6.07, 6.45) is 3.95. The molecule has 1 N–H and O–H groups in total. The molecule has 166 valence electrons. The smallest absolute Gasteiger partial charge is 0.234 e. The van der Waals surface area contributed by atoms with Gasteiger partial charge in [-0.05, 0) is 37.5 Å². The van der Waals surface area contributed by atoms with Crippen LogP contribution >= 0.6 is 0 Å². The van der Waals surface area contributed by atoms with Crippen molar-refractivity contribution in [3.8, 4) is 11.5 Å². The fraction of sp³-hybridized carbons (Fsp3) is 0.667. The number of sulfonamides is 1. The summed E-state index contributed by atoms with van der Waals surface area (Å²) in [6, 6.07) is 5.98. The van der Waals surface area contributed by atoms with Gasteiger partial charge in [-0.25, -0.2) is 8.42 Å². The van der Waals surface area contributed by atoms with Gasteiger partial charge in [0.25, 0.3) is 0 Å². The van der Waals surface area contributed by atoms with Gasteiger partial charge in [0.1, 0.15) is 13.2 Å². The summed E-state index contributed by atoms with van der Waals surface area (Å²) in [7, 11) is -3.16. The van der Waals surface area contributed by atoms with Gasteiger partial charge in [0.15, 0.2) is 11.5 Å². The van der Waals surface area contributed by atoms with Crippen LogP contribution in [0.15, 0.2) is 18.2 Å². The van der Waals surface area contributed by atoms with E-state index in [0.717, 1.165) is 42.7 Å². The third kappa shape index (κ3) is 4.43. The van der Waals surface area contributed by atoms with Crippen molar-refractivity contribution >= 4 is 15.9 Å². The minimum Gasteiger partial charge on any atom is -0.486 e. The van der Waals surface area contributed by atoms with Crippen LogP contribution in [-0.4, -0.2) is 75.2 Å². The predicted molar refractivity (Wildman–Crippen MR) is 113 cm³/mol. The lowest BCUT2D eigenvalue weighted by Crippen LogP contribution is -2.53. The summed E-state index contributed by atoms with van der Waals surface area (Å²) in [5.41, 5.74) is 0.691. The van der Waals surface area contributed by atoms with Crippen LogP contribution in [0.4, 0.5) is 0 Å². The Morgan fingerprint density at radius 2 is 1.73 bits per heavy atom. The van der Waals surface area contributed by atoms with Gasteiger partial charge in [0.2, 0.25) is 15.9 Å². The molecule has 1 saturated carbocycles. The molecule has 0 radical (unpaired) electrons. The summed E-state index contributed by atoms with van der Waals surface area (Å²) in [4.78, 5) is 15.0. The van der Waals surface area contributed by atoms with Crippen LogP contribution in [0.1, 0.15) is 38.2 Å². The maximum Gasteiger partial charge on any atom is 0.234 e. The molecule has 1 aromatic rings. The Morgan fingerprint density at radius 1 is 1.07 bits per heavy atom. The zero-order valence-electron chi connectivity index (χ0n) is 17.6. The summed E-state index contributed by atoms with van der Waals surface area (Å²) in [6.45, 7) is 5.07. The number of nitrogens with one attached hydrogen (secondary N) is 1. The first-order valence-corrected chi connectivity index (χ1v) is 12.4. The quantitative estimate of drug-likeness (QED) is 0.722. The van der Waals surface area contributed by atoms with Crippen molar-refractivity contribution < 1.29 is 22.7 Å². The SMILES string of the molecule is CCS(=O)(=O)N1CCN(CC(=O)NC2(c3ccc4c(c3)OCCO4)CCCC2)CC1. The highest BCUT2D eigenvalue weighted by Gasteiger charge is 2.38. The zero-order valence-corrected chi connectivity index (χ0v) is 18.4. The van der Waals surface area contributed by atoms with Crippen molar-refractivity contribution in [2.45, 2.75) is 38.1 Å². The van der Waals surface area contributed by atoms with Crippen LogP contribution in [0.3, 0.4) is 0 Å². The number of fused-ring (bicyclic) bond motifs is 1. The first-order valence-electron chi connectivity index (χ1n) is 10.8. The van der Waals surface area contributed by atoms with E-state index in [0.29, 0.717) is 39.4 Å². The highest BCUT2D eigenvalue weighted by Crippen LogP contribution is 2.42. The van der Waals surface area contributed by atoms with Gasteiger partial charge in [-0.15, -0.1) is 0 Å². The number of nitrogens with zero attached hydrogens (tertiary/aromatic N) is 2. The molecule has 0 aromatic heterocycles. The molecule has 3 aliphatic rings. The number of carbonyl (C=O) groups excluding carboxylic acids is 1. The van der Waals surface area contributed by atoms with Gasteiger partial charge in [0.05, 0.1) is 17.8 Å². The Labute approximate surface area is 178 Å². The monoisotopic (exact) mass is 437 g/mol. The molecular weight excluding hydrogens is 406 g/mol. The molecule has 9 heteroatoms. The molecule has 0 spiro atoms. The Bertz CT molecular complexity index is 875. The topological polar surface area (TPSA) is 88.2 Å². The summed E-state index contributed by atoms with van der Waals surface area (Å²) < 4.78 is 36.9. The summed E-state index contributed by atoms with van der Waals surface area (Å²) >= 11 is 0. The number of rotatable bonds is 6. The average molecular weight is 438 g/mol. The van der Waals surface area contributed by atoms with Gasteiger partial charge in [0, 0.05) is 26.2 Å². The van der Waals surface area contributed by atoms with E-state index in [1.807, 2.05) is 23.1 Å². The standard InChI is InChI=1S/C21H31N3O5S/c1-2-30(26,27)24-11-9-23(10-12-24)16-20(25)22-21(7-3-4-8-21)17-5-6-18-19(15-17)29-14-13-28-18/h5-6,15H,2-4,7-14,16H2,1H3,(H,22,25). The van der Waals surface area contributed by atoms with Crippen LogP contribution in [0, 0.1) is 0 Å². The predicted octanol–water partition coefficient (Wildman–Crippen LogP) is 1.31. The summed E-state index contributed by atoms with van der Waals surface area (Å²) in [5, 5.41) is 3.31. The van der Waals surface area contributed by atoms with Gasteiger partial charge in [-0.2, -0.15) is 4.31 Å². The second-order valence-electron chi connectivity index (χ2n) is 8.27. The van der Waals surface area contributed by atoms with Crippen molar-refractivity contribution in [2.75, 3.05) is 51.7 Å². The lowest BCUT2D eigenvalue weighted by Gasteiger charge is -2.36. The van der Waals surface area contributed by atoms with Gasteiger partial charge in [-0.3, -0.25) is 9.69 Å². The van der Waals surface area contributed by atoms with E-state index in [1.54, 1.807) is 6.92 Å². The number of benzene rings is 1.